The average molecular weight is 198 g/mol. The molecular weight excluding hydrogens is 182 g/mol. The predicted octanol–water partition coefficient (Wildman–Crippen LogP) is 3.95. The molecule has 1 aliphatic rings. The van der Waals surface area contributed by atoms with Gasteiger partial charge in [0.15, 0.2) is 0 Å². The van der Waals surface area contributed by atoms with E-state index in [1.807, 2.05) is 33.0 Å². The minimum atomic E-state index is 0.704. The van der Waals surface area contributed by atoms with Gasteiger partial charge in [-0.15, -0.1) is 0 Å². The van der Waals surface area contributed by atoms with Crippen molar-refractivity contribution in [2.45, 2.75) is 39.5 Å². The van der Waals surface area contributed by atoms with E-state index < -0.39 is 0 Å². The molecule has 72 valence electrons. The number of aromatic nitrogens is 1. The Bertz CT molecular complexity index is 279. The van der Waals surface area contributed by atoms with E-state index in [1.54, 1.807) is 0 Å². The Morgan fingerprint density at radius 3 is 2.46 bits per heavy atom. The lowest BCUT2D eigenvalue weighted by atomic mass is 10.2. The summed E-state index contributed by atoms with van der Waals surface area (Å²) >= 11 is 6.02. The second-order valence-electron chi connectivity index (χ2n) is 3.12. The lowest BCUT2D eigenvalue weighted by Crippen LogP contribution is -1.86. The van der Waals surface area contributed by atoms with E-state index in [0.717, 1.165) is 10.7 Å². The van der Waals surface area contributed by atoms with Crippen molar-refractivity contribution in [3.63, 3.8) is 0 Å². The third kappa shape index (κ3) is 2.70. The van der Waals surface area contributed by atoms with Crippen molar-refractivity contribution in [2.75, 3.05) is 0 Å². The van der Waals surface area contributed by atoms with Gasteiger partial charge in [0.05, 0.1) is 0 Å². The van der Waals surface area contributed by atoms with Crippen molar-refractivity contribution in [2.24, 2.45) is 0 Å². The van der Waals surface area contributed by atoms with Crippen molar-refractivity contribution >= 4 is 11.6 Å². The van der Waals surface area contributed by atoms with Crippen LogP contribution in [0.15, 0.2) is 12.3 Å². The lowest BCUT2D eigenvalue weighted by molar-refractivity contribution is 1.07. The summed E-state index contributed by atoms with van der Waals surface area (Å²) in [5.74, 6) is 0.704. The van der Waals surface area contributed by atoms with Crippen LogP contribution >= 0.6 is 11.6 Å². The monoisotopic (exact) mass is 197 g/mol. The normalized spacial score (nSPS) is 14.8. The molecule has 0 aliphatic heterocycles. The van der Waals surface area contributed by atoms with Crippen LogP contribution in [0, 0.1) is 6.92 Å². The maximum absolute atomic E-state index is 6.02. The second-order valence-corrected chi connectivity index (χ2v) is 3.53. The third-order valence-electron chi connectivity index (χ3n) is 2.04. The van der Waals surface area contributed by atoms with Gasteiger partial charge >= 0.3 is 0 Å². The molecule has 0 radical (unpaired) electrons. The molecule has 2 heteroatoms. The molecule has 1 nitrogen and oxygen atoms in total. The van der Waals surface area contributed by atoms with Crippen LogP contribution in [-0.4, -0.2) is 4.98 Å². The Balaban J connectivity index is 0.000000396. The van der Waals surface area contributed by atoms with Crippen molar-refractivity contribution in [1.29, 1.82) is 0 Å². The zero-order valence-corrected chi connectivity index (χ0v) is 9.23. The first-order valence-corrected chi connectivity index (χ1v) is 5.27. The highest BCUT2D eigenvalue weighted by molar-refractivity contribution is 6.31. The highest BCUT2D eigenvalue weighted by Gasteiger charge is 2.25. The number of aryl methyl sites for hydroxylation is 1. The van der Waals surface area contributed by atoms with Gasteiger partial charge in [-0.05, 0) is 37.3 Å². The van der Waals surface area contributed by atoms with E-state index in [4.69, 9.17) is 11.6 Å². The summed E-state index contributed by atoms with van der Waals surface area (Å²) in [4.78, 5) is 4.22. The number of rotatable bonds is 1. The molecule has 1 saturated carbocycles. The molecule has 0 atom stereocenters. The molecule has 1 aromatic rings. The Morgan fingerprint density at radius 1 is 1.38 bits per heavy atom. The van der Waals surface area contributed by atoms with E-state index in [-0.39, 0.29) is 0 Å². The summed E-state index contributed by atoms with van der Waals surface area (Å²) in [5.41, 5.74) is 2.23. The van der Waals surface area contributed by atoms with E-state index in [1.165, 1.54) is 18.4 Å². The van der Waals surface area contributed by atoms with E-state index in [9.17, 15) is 0 Å². The van der Waals surface area contributed by atoms with E-state index in [0.29, 0.717) is 5.92 Å². The largest absolute Gasteiger partial charge is 0.261 e. The molecule has 0 aromatic carbocycles. The summed E-state index contributed by atoms with van der Waals surface area (Å²) in [6, 6.07) is 1.94. The SMILES string of the molecule is CC.Cc1cc(Cl)c(C2CC2)cn1. The average Bonchev–Trinajstić information content (AvgIpc) is 2.91. The quantitative estimate of drug-likeness (QED) is 0.665. The summed E-state index contributed by atoms with van der Waals surface area (Å²) in [6.07, 6.45) is 4.48. The summed E-state index contributed by atoms with van der Waals surface area (Å²) in [6.45, 7) is 5.96. The minimum absolute atomic E-state index is 0.704. The highest BCUT2D eigenvalue weighted by Crippen LogP contribution is 2.42. The van der Waals surface area contributed by atoms with Crippen LogP contribution in [0.4, 0.5) is 0 Å². The van der Waals surface area contributed by atoms with Crippen molar-refractivity contribution in [3.8, 4) is 0 Å². The van der Waals surface area contributed by atoms with Crippen LogP contribution in [-0.2, 0) is 0 Å². The first kappa shape index (κ1) is 10.5. The van der Waals surface area contributed by atoms with Gasteiger partial charge < -0.3 is 0 Å². The van der Waals surface area contributed by atoms with Crippen molar-refractivity contribution in [1.82, 2.24) is 4.98 Å². The fourth-order valence-corrected chi connectivity index (χ4v) is 1.59. The number of pyridine rings is 1. The Labute approximate surface area is 85.1 Å². The lowest BCUT2D eigenvalue weighted by Gasteiger charge is -2.00. The van der Waals surface area contributed by atoms with E-state index >= 15 is 0 Å². The Morgan fingerprint density at radius 2 is 2.00 bits per heavy atom. The molecule has 13 heavy (non-hydrogen) atoms. The minimum Gasteiger partial charge on any atom is -0.261 e. The number of nitrogens with zero attached hydrogens (tertiary/aromatic N) is 1. The van der Waals surface area contributed by atoms with Crippen LogP contribution in [0.2, 0.25) is 5.02 Å². The predicted molar refractivity (Wildman–Crippen MR) is 57.3 cm³/mol. The van der Waals surface area contributed by atoms with Gasteiger partial charge in [0.1, 0.15) is 0 Å². The maximum Gasteiger partial charge on any atom is 0.0474 e. The van der Waals surface area contributed by atoms with E-state index in [2.05, 4.69) is 4.98 Å². The Hall–Kier alpha value is -0.560. The number of hydrogen-bond acceptors (Lipinski definition) is 1. The van der Waals surface area contributed by atoms with Crippen LogP contribution in [0.3, 0.4) is 0 Å². The molecular formula is C11H16ClN. The maximum atomic E-state index is 6.02. The van der Waals surface area contributed by atoms with Crippen LogP contribution in [0.25, 0.3) is 0 Å². The van der Waals surface area contributed by atoms with Gasteiger partial charge in [-0.1, -0.05) is 25.4 Å². The van der Waals surface area contributed by atoms with Crippen LogP contribution in [0.1, 0.15) is 43.9 Å². The molecule has 0 N–H and O–H groups in total. The Kier molecular flexibility index (Phi) is 3.73. The zero-order chi connectivity index (χ0) is 9.84. The molecule has 1 fully saturated rings. The first-order chi connectivity index (χ1) is 6.27. The standard InChI is InChI=1S/C9H10ClN.C2H6/c1-6-4-9(10)8(5-11-6)7-2-3-7;1-2/h4-5,7H,2-3H2,1H3;1-2H3. The fourth-order valence-electron chi connectivity index (χ4n) is 1.23. The molecule has 0 saturated heterocycles. The van der Waals surface area contributed by atoms with Gasteiger partial charge in [0.25, 0.3) is 0 Å². The molecule has 2 rings (SSSR count). The van der Waals surface area contributed by atoms with Gasteiger partial charge in [-0.2, -0.15) is 0 Å². The molecule has 0 unspecified atom stereocenters. The number of hydrogen-bond donors (Lipinski definition) is 0. The molecule has 1 heterocycles. The van der Waals surface area contributed by atoms with Crippen LogP contribution < -0.4 is 0 Å². The smallest absolute Gasteiger partial charge is 0.0474 e. The van der Waals surface area contributed by atoms with Gasteiger partial charge in [-0.3, -0.25) is 4.98 Å². The zero-order valence-electron chi connectivity index (χ0n) is 8.47. The molecule has 1 aliphatic carbocycles. The molecule has 0 bridgehead atoms. The van der Waals surface area contributed by atoms with Crippen LogP contribution in [0.5, 0.6) is 0 Å². The first-order valence-electron chi connectivity index (χ1n) is 4.89. The molecule has 0 spiro atoms. The topological polar surface area (TPSA) is 12.9 Å². The highest BCUT2D eigenvalue weighted by atomic mass is 35.5. The van der Waals surface area contributed by atoms with Crippen molar-refractivity contribution in [3.05, 3.63) is 28.5 Å². The van der Waals surface area contributed by atoms with Gasteiger partial charge in [-0.25, -0.2) is 0 Å². The van der Waals surface area contributed by atoms with Crippen molar-refractivity contribution < 1.29 is 0 Å². The fraction of sp³-hybridized carbons (Fsp3) is 0.545. The molecule has 0 amide bonds. The van der Waals surface area contributed by atoms with Gasteiger partial charge in [0.2, 0.25) is 0 Å². The third-order valence-corrected chi connectivity index (χ3v) is 2.36. The summed E-state index contributed by atoms with van der Waals surface area (Å²) < 4.78 is 0. The summed E-state index contributed by atoms with van der Waals surface area (Å²) in [5, 5.41) is 0.889. The molecule has 1 aromatic heterocycles. The second kappa shape index (κ2) is 4.61. The number of halogens is 1. The summed E-state index contributed by atoms with van der Waals surface area (Å²) in [7, 11) is 0. The van der Waals surface area contributed by atoms with Gasteiger partial charge in [0, 0.05) is 16.9 Å².